The normalized spacial score (nSPS) is 15.9. The van der Waals surface area contributed by atoms with Gasteiger partial charge < -0.3 is 5.32 Å². The molecule has 2 aromatic rings. The molecule has 0 bridgehead atoms. The summed E-state index contributed by atoms with van der Waals surface area (Å²) in [5.74, 6) is 0.438. The first-order valence-electron chi connectivity index (χ1n) is 6.98. The smallest absolute Gasteiger partial charge is 0.275 e. The Morgan fingerprint density at radius 2 is 1.77 bits per heavy atom. The molecule has 0 saturated heterocycles. The second-order valence-electron chi connectivity index (χ2n) is 5.29. The molecule has 1 amide bonds. The highest BCUT2D eigenvalue weighted by Crippen LogP contribution is 2.18. The minimum absolute atomic E-state index is 0.170. The molecular formula is C18H15BrN2O. The van der Waals surface area contributed by atoms with E-state index in [4.69, 9.17) is 0 Å². The summed E-state index contributed by atoms with van der Waals surface area (Å²) in [6.45, 7) is 4.11. The van der Waals surface area contributed by atoms with Crippen LogP contribution in [0.1, 0.15) is 22.3 Å². The molecule has 0 unspecified atom stereocenters. The minimum Gasteiger partial charge on any atom is -0.305 e. The van der Waals surface area contributed by atoms with Gasteiger partial charge in [-0.1, -0.05) is 40.2 Å². The van der Waals surface area contributed by atoms with Crippen LogP contribution in [-0.4, -0.2) is 11.7 Å². The quantitative estimate of drug-likeness (QED) is 0.814. The fourth-order valence-electron chi connectivity index (χ4n) is 2.21. The predicted molar refractivity (Wildman–Crippen MR) is 92.7 cm³/mol. The summed E-state index contributed by atoms with van der Waals surface area (Å²) in [4.78, 5) is 16.5. The third-order valence-electron chi connectivity index (χ3n) is 3.65. The zero-order chi connectivity index (χ0) is 15.7. The van der Waals surface area contributed by atoms with Crippen LogP contribution in [0.15, 0.2) is 57.6 Å². The Morgan fingerprint density at radius 1 is 1.05 bits per heavy atom. The molecule has 1 N–H and O–H groups in total. The van der Waals surface area contributed by atoms with Gasteiger partial charge in [0.15, 0.2) is 0 Å². The highest BCUT2D eigenvalue weighted by molar-refractivity contribution is 9.10. The minimum atomic E-state index is -0.170. The molecule has 4 heteroatoms. The van der Waals surface area contributed by atoms with Crippen LogP contribution in [-0.2, 0) is 4.79 Å². The van der Waals surface area contributed by atoms with E-state index in [0.29, 0.717) is 11.5 Å². The summed E-state index contributed by atoms with van der Waals surface area (Å²) in [6.07, 6.45) is 1.79. The molecule has 0 aliphatic carbocycles. The van der Waals surface area contributed by atoms with Crippen molar-refractivity contribution in [1.29, 1.82) is 0 Å². The number of amidine groups is 1. The number of benzene rings is 2. The first-order chi connectivity index (χ1) is 10.5. The number of hydrogen-bond acceptors (Lipinski definition) is 2. The lowest BCUT2D eigenvalue weighted by atomic mass is 10.1. The summed E-state index contributed by atoms with van der Waals surface area (Å²) in [5.41, 5.74) is 4.70. The van der Waals surface area contributed by atoms with Crippen molar-refractivity contribution >= 4 is 33.7 Å². The molecule has 1 heterocycles. The number of hydrogen-bond donors (Lipinski definition) is 1. The van der Waals surface area contributed by atoms with Crippen molar-refractivity contribution < 1.29 is 4.79 Å². The van der Waals surface area contributed by atoms with Crippen LogP contribution < -0.4 is 5.32 Å². The molecule has 0 saturated carbocycles. The standard InChI is InChI=1S/C18H15BrN2O/c1-11-3-6-14(9-12(11)2)17-20-16(18(22)21-17)10-13-4-7-15(19)8-5-13/h3-10H,1-2H3,(H,20,21,22)/b16-10+. The fourth-order valence-corrected chi connectivity index (χ4v) is 2.48. The number of nitrogens with zero attached hydrogens (tertiary/aromatic N) is 1. The maximum absolute atomic E-state index is 12.1. The van der Waals surface area contributed by atoms with E-state index in [0.717, 1.165) is 15.6 Å². The third-order valence-corrected chi connectivity index (χ3v) is 4.18. The largest absolute Gasteiger partial charge is 0.305 e. The summed E-state index contributed by atoms with van der Waals surface area (Å²) >= 11 is 3.40. The molecule has 1 aliphatic heterocycles. The third kappa shape index (κ3) is 3.02. The van der Waals surface area contributed by atoms with Crippen LogP contribution in [0.4, 0.5) is 0 Å². The number of carbonyl (C=O) groups is 1. The van der Waals surface area contributed by atoms with Crippen molar-refractivity contribution in [3.8, 4) is 0 Å². The Labute approximate surface area is 137 Å². The van der Waals surface area contributed by atoms with Gasteiger partial charge in [0.1, 0.15) is 11.5 Å². The lowest BCUT2D eigenvalue weighted by Gasteiger charge is -2.04. The van der Waals surface area contributed by atoms with E-state index in [1.54, 1.807) is 6.08 Å². The van der Waals surface area contributed by atoms with Crippen molar-refractivity contribution in [2.45, 2.75) is 13.8 Å². The van der Waals surface area contributed by atoms with E-state index in [-0.39, 0.29) is 5.91 Å². The number of carbonyl (C=O) groups excluding carboxylic acids is 1. The first-order valence-corrected chi connectivity index (χ1v) is 7.77. The summed E-state index contributed by atoms with van der Waals surface area (Å²) < 4.78 is 1.00. The van der Waals surface area contributed by atoms with Gasteiger partial charge in [-0.15, -0.1) is 0 Å². The monoisotopic (exact) mass is 354 g/mol. The van der Waals surface area contributed by atoms with Gasteiger partial charge in [-0.05, 0) is 54.8 Å². The zero-order valence-corrected chi connectivity index (χ0v) is 13.9. The van der Waals surface area contributed by atoms with E-state index in [9.17, 15) is 4.79 Å². The predicted octanol–water partition coefficient (Wildman–Crippen LogP) is 3.98. The number of amides is 1. The maximum atomic E-state index is 12.1. The lowest BCUT2D eigenvalue weighted by Crippen LogP contribution is -2.24. The highest BCUT2D eigenvalue weighted by Gasteiger charge is 2.21. The molecular weight excluding hydrogens is 340 g/mol. The topological polar surface area (TPSA) is 41.5 Å². The van der Waals surface area contributed by atoms with Crippen molar-refractivity contribution in [3.05, 3.63) is 74.9 Å². The Kier molecular flexibility index (Phi) is 3.94. The van der Waals surface area contributed by atoms with Gasteiger partial charge in [0.05, 0.1) is 0 Å². The zero-order valence-electron chi connectivity index (χ0n) is 12.4. The second kappa shape index (κ2) is 5.89. The van der Waals surface area contributed by atoms with Crippen LogP contribution in [0, 0.1) is 13.8 Å². The Morgan fingerprint density at radius 3 is 2.45 bits per heavy atom. The van der Waals surface area contributed by atoms with Crippen LogP contribution in [0.5, 0.6) is 0 Å². The molecule has 0 spiro atoms. The van der Waals surface area contributed by atoms with Gasteiger partial charge in [0.2, 0.25) is 0 Å². The van der Waals surface area contributed by atoms with Crippen molar-refractivity contribution in [1.82, 2.24) is 5.32 Å². The van der Waals surface area contributed by atoms with Gasteiger partial charge in [0.25, 0.3) is 5.91 Å². The summed E-state index contributed by atoms with van der Waals surface area (Å²) in [6, 6.07) is 13.8. The molecule has 0 atom stereocenters. The van der Waals surface area contributed by atoms with Crippen LogP contribution in [0.3, 0.4) is 0 Å². The van der Waals surface area contributed by atoms with E-state index in [1.165, 1.54) is 11.1 Å². The summed E-state index contributed by atoms with van der Waals surface area (Å²) in [5, 5.41) is 2.83. The molecule has 1 aliphatic rings. The number of aryl methyl sites for hydroxylation is 2. The molecule has 22 heavy (non-hydrogen) atoms. The Balaban J connectivity index is 1.94. The molecule has 3 rings (SSSR count). The van der Waals surface area contributed by atoms with Crippen LogP contribution >= 0.6 is 15.9 Å². The van der Waals surface area contributed by atoms with Crippen molar-refractivity contribution in [2.24, 2.45) is 4.99 Å². The fraction of sp³-hybridized carbons (Fsp3) is 0.111. The SMILES string of the molecule is Cc1ccc(C2=N/C(=C/c3ccc(Br)cc3)C(=O)N2)cc1C. The molecule has 2 aromatic carbocycles. The van der Waals surface area contributed by atoms with Crippen LogP contribution in [0.2, 0.25) is 0 Å². The average molecular weight is 355 g/mol. The van der Waals surface area contributed by atoms with Gasteiger partial charge >= 0.3 is 0 Å². The molecule has 0 aromatic heterocycles. The molecule has 0 radical (unpaired) electrons. The lowest BCUT2D eigenvalue weighted by molar-refractivity contribution is -0.115. The van der Waals surface area contributed by atoms with Gasteiger partial charge in [-0.3, -0.25) is 4.79 Å². The van der Waals surface area contributed by atoms with Crippen molar-refractivity contribution in [3.63, 3.8) is 0 Å². The Bertz CT molecular complexity index is 804. The molecule has 0 fully saturated rings. The van der Waals surface area contributed by atoms with E-state index >= 15 is 0 Å². The highest BCUT2D eigenvalue weighted by atomic mass is 79.9. The average Bonchev–Trinajstić information content (AvgIpc) is 2.85. The number of nitrogens with one attached hydrogen (secondary N) is 1. The number of aliphatic imine (C=N–C) groups is 1. The summed E-state index contributed by atoms with van der Waals surface area (Å²) in [7, 11) is 0. The number of halogens is 1. The second-order valence-corrected chi connectivity index (χ2v) is 6.21. The van der Waals surface area contributed by atoms with Crippen molar-refractivity contribution in [2.75, 3.05) is 0 Å². The molecule has 110 valence electrons. The Hall–Kier alpha value is -2.20. The van der Waals surface area contributed by atoms with E-state index < -0.39 is 0 Å². The van der Waals surface area contributed by atoms with Gasteiger partial charge in [0, 0.05) is 10.0 Å². The van der Waals surface area contributed by atoms with Gasteiger partial charge in [-0.2, -0.15) is 0 Å². The van der Waals surface area contributed by atoms with E-state index in [2.05, 4.69) is 40.1 Å². The van der Waals surface area contributed by atoms with Gasteiger partial charge in [-0.25, -0.2) is 4.99 Å². The maximum Gasteiger partial charge on any atom is 0.275 e. The number of rotatable bonds is 2. The van der Waals surface area contributed by atoms with E-state index in [1.807, 2.05) is 42.5 Å². The first kappa shape index (κ1) is 14.7. The molecule has 3 nitrogen and oxygen atoms in total. The van der Waals surface area contributed by atoms with Crippen LogP contribution in [0.25, 0.3) is 6.08 Å².